The molecule has 0 saturated carbocycles. The summed E-state index contributed by atoms with van der Waals surface area (Å²) in [5, 5.41) is 14.9. The van der Waals surface area contributed by atoms with E-state index in [2.05, 4.69) is 30.9 Å². The van der Waals surface area contributed by atoms with Crippen LogP contribution in [0.3, 0.4) is 0 Å². The minimum absolute atomic E-state index is 0.0416. The molecule has 0 spiro atoms. The molecule has 1 aromatic heterocycles. The van der Waals surface area contributed by atoms with Gasteiger partial charge in [0.05, 0.1) is 18.4 Å². The first kappa shape index (κ1) is 15.7. The lowest BCUT2D eigenvalue weighted by Crippen LogP contribution is -2.35. The highest BCUT2D eigenvalue weighted by Gasteiger charge is 2.14. The van der Waals surface area contributed by atoms with Crippen LogP contribution in [-0.2, 0) is 4.79 Å². The predicted molar refractivity (Wildman–Crippen MR) is 71.4 cm³/mol. The average molecular weight is 284 g/mol. The molecule has 0 aliphatic heterocycles. The Labute approximate surface area is 114 Å². The van der Waals surface area contributed by atoms with E-state index in [1.807, 2.05) is 0 Å². The fraction of sp³-hybridized carbons (Fsp3) is 0.500. The highest BCUT2D eigenvalue weighted by atomic mass is 19.1. The van der Waals surface area contributed by atoms with Gasteiger partial charge in [-0.25, -0.2) is 4.39 Å². The number of nitrogens with zero attached hydrogens (tertiary/aromatic N) is 4. The molecular formula is C10H17FN8O. The fourth-order valence-electron chi connectivity index (χ4n) is 1.23. The first-order chi connectivity index (χ1) is 9.49. The minimum Gasteiger partial charge on any atom is -0.388 e. The Balaban J connectivity index is 2.32. The highest BCUT2D eigenvalue weighted by molar-refractivity contribution is 5.93. The van der Waals surface area contributed by atoms with Crippen LogP contribution in [0.1, 0.15) is 19.8 Å². The smallest absolute Gasteiger partial charge is 0.269 e. The third-order valence-corrected chi connectivity index (χ3v) is 2.24. The number of carbonyl (C=O) groups is 1. The zero-order chi connectivity index (χ0) is 15.0. The van der Waals surface area contributed by atoms with E-state index < -0.39 is 17.8 Å². The van der Waals surface area contributed by atoms with Crippen molar-refractivity contribution in [2.45, 2.75) is 25.8 Å². The quantitative estimate of drug-likeness (QED) is 0.391. The molecule has 0 fully saturated rings. The summed E-state index contributed by atoms with van der Waals surface area (Å²) < 4.78 is 13.2. The second kappa shape index (κ2) is 7.94. The van der Waals surface area contributed by atoms with Crippen molar-refractivity contribution >= 4 is 17.7 Å². The summed E-state index contributed by atoms with van der Waals surface area (Å²) in [5.41, 5.74) is 10.9. The van der Waals surface area contributed by atoms with Crippen molar-refractivity contribution in [1.82, 2.24) is 20.6 Å². The van der Waals surface area contributed by atoms with Crippen molar-refractivity contribution in [2.24, 2.45) is 16.5 Å². The topological polar surface area (TPSA) is 148 Å². The summed E-state index contributed by atoms with van der Waals surface area (Å²) in [6, 6.07) is -0.794. The van der Waals surface area contributed by atoms with Crippen LogP contribution >= 0.6 is 0 Å². The summed E-state index contributed by atoms with van der Waals surface area (Å²) >= 11 is 0. The van der Waals surface area contributed by atoms with Gasteiger partial charge in [-0.05, 0) is 25.0 Å². The minimum atomic E-state index is -0.794. The number of hydrogen-bond acceptors (Lipinski definition) is 6. The molecule has 0 aliphatic carbocycles. The molecule has 1 unspecified atom stereocenters. The van der Waals surface area contributed by atoms with Crippen molar-refractivity contribution in [3.05, 3.63) is 11.9 Å². The van der Waals surface area contributed by atoms with Crippen LogP contribution in [0.5, 0.6) is 0 Å². The number of aromatic amines is 1. The molecule has 1 heterocycles. The van der Waals surface area contributed by atoms with Gasteiger partial charge in [0.2, 0.25) is 5.91 Å². The van der Waals surface area contributed by atoms with Gasteiger partial charge in [-0.15, -0.1) is 5.10 Å². The predicted octanol–water partition coefficient (Wildman–Crippen LogP) is -0.524. The zero-order valence-corrected chi connectivity index (χ0v) is 11.0. The number of amidine groups is 1. The van der Waals surface area contributed by atoms with Gasteiger partial charge in [0.15, 0.2) is 0 Å². The second-order valence-electron chi connectivity index (χ2n) is 4.02. The number of halogens is 1. The summed E-state index contributed by atoms with van der Waals surface area (Å²) in [4.78, 5) is 15.3. The van der Waals surface area contributed by atoms with E-state index in [0.717, 1.165) is 0 Å². The first-order valence-corrected chi connectivity index (χ1v) is 5.90. The maximum Gasteiger partial charge on any atom is 0.269 e. The molecule has 1 atom stereocenters. The lowest BCUT2D eigenvalue weighted by molar-refractivity contribution is -0.117. The number of aromatic nitrogens is 4. The van der Waals surface area contributed by atoms with Crippen LogP contribution < -0.4 is 16.8 Å². The van der Waals surface area contributed by atoms with E-state index in [0.29, 0.717) is 12.3 Å². The normalized spacial score (nSPS) is 14.2. The number of amides is 1. The number of rotatable bonds is 7. The van der Waals surface area contributed by atoms with Crippen LogP contribution in [0.25, 0.3) is 0 Å². The van der Waals surface area contributed by atoms with Crippen LogP contribution in [0.15, 0.2) is 16.9 Å². The van der Waals surface area contributed by atoms with Crippen LogP contribution in [0.4, 0.5) is 10.3 Å². The fourth-order valence-corrected chi connectivity index (χ4v) is 1.23. The highest BCUT2D eigenvalue weighted by Crippen LogP contribution is 2.04. The van der Waals surface area contributed by atoms with E-state index in [4.69, 9.17) is 11.5 Å². The molecule has 0 aliphatic rings. The number of anilines is 1. The SMILES string of the molecule is CC(N)=NCC(F)=CCCC(N)C(=O)Nc1nn[nH]n1. The molecular weight excluding hydrogens is 267 g/mol. The molecule has 6 N–H and O–H groups in total. The van der Waals surface area contributed by atoms with E-state index in [1.165, 1.54) is 6.08 Å². The van der Waals surface area contributed by atoms with Crippen molar-refractivity contribution in [3.63, 3.8) is 0 Å². The second-order valence-corrected chi connectivity index (χ2v) is 4.02. The molecule has 0 saturated heterocycles. The van der Waals surface area contributed by atoms with Crippen LogP contribution in [0.2, 0.25) is 0 Å². The molecule has 10 heteroatoms. The Morgan fingerprint density at radius 1 is 1.65 bits per heavy atom. The summed E-state index contributed by atoms with van der Waals surface area (Å²) in [6.07, 6.45) is 1.92. The van der Waals surface area contributed by atoms with Gasteiger partial charge in [0.1, 0.15) is 5.83 Å². The molecule has 0 bridgehead atoms. The van der Waals surface area contributed by atoms with Gasteiger partial charge in [-0.3, -0.25) is 15.1 Å². The Morgan fingerprint density at radius 3 is 3.00 bits per heavy atom. The van der Waals surface area contributed by atoms with Crippen LogP contribution in [0, 0.1) is 0 Å². The molecule has 9 nitrogen and oxygen atoms in total. The molecule has 1 amide bonds. The van der Waals surface area contributed by atoms with Gasteiger partial charge < -0.3 is 11.5 Å². The summed E-state index contributed by atoms with van der Waals surface area (Å²) in [5.74, 6) is -0.527. The van der Waals surface area contributed by atoms with Gasteiger partial charge in [0.25, 0.3) is 5.95 Å². The van der Waals surface area contributed by atoms with Gasteiger partial charge >= 0.3 is 0 Å². The number of carbonyl (C=O) groups excluding carboxylic acids is 1. The van der Waals surface area contributed by atoms with E-state index in [-0.39, 0.29) is 18.9 Å². The monoisotopic (exact) mass is 284 g/mol. The molecule has 0 radical (unpaired) electrons. The number of nitrogens with two attached hydrogens (primary N) is 2. The lowest BCUT2D eigenvalue weighted by atomic mass is 10.1. The molecule has 0 aromatic carbocycles. The maximum atomic E-state index is 13.2. The Bertz CT molecular complexity index is 479. The van der Waals surface area contributed by atoms with Crippen molar-refractivity contribution in [2.75, 3.05) is 11.9 Å². The zero-order valence-electron chi connectivity index (χ0n) is 11.0. The lowest BCUT2D eigenvalue weighted by Gasteiger charge is -2.08. The third-order valence-electron chi connectivity index (χ3n) is 2.24. The molecule has 1 aromatic rings. The van der Waals surface area contributed by atoms with Crippen molar-refractivity contribution in [3.8, 4) is 0 Å². The van der Waals surface area contributed by atoms with E-state index >= 15 is 0 Å². The van der Waals surface area contributed by atoms with Gasteiger partial charge in [0, 0.05) is 0 Å². The molecule has 110 valence electrons. The number of nitrogens with one attached hydrogen (secondary N) is 2. The Kier molecular flexibility index (Phi) is 6.23. The van der Waals surface area contributed by atoms with Crippen molar-refractivity contribution in [1.29, 1.82) is 0 Å². The number of hydrogen-bond donors (Lipinski definition) is 4. The van der Waals surface area contributed by atoms with E-state index in [1.54, 1.807) is 6.92 Å². The Hall–Kier alpha value is -2.36. The Morgan fingerprint density at radius 2 is 2.40 bits per heavy atom. The average Bonchev–Trinajstić information content (AvgIpc) is 2.89. The number of H-pyrrole nitrogens is 1. The summed E-state index contributed by atoms with van der Waals surface area (Å²) in [7, 11) is 0. The van der Waals surface area contributed by atoms with Gasteiger partial charge in [-0.1, -0.05) is 11.2 Å². The number of aliphatic imine (C=N–C) groups is 1. The molecule has 20 heavy (non-hydrogen) atoms. The van der Waals surface area contributed by atoms with Crippen LogP contribution in [-0.4, -0.2) is 45.0 Å². The number of tetrazole rings is 1. The third kappa shape index (κ3) is 6.00. The molecule has 1 rings (SSSR count). The van der Waals surface area contributed by atoms with E-state index in [9.17, 15) is 9.18 Å². The number of allylic oxidation sites excluding steroid dienone is 1. The van der Waals surface area contributed by atoms with Gasteiger partial charge in [-0.2, -0.15) is 5.21 Å². The maximum absolute atomic E-state index is 13.2. The van der Waals surface area contributed by atoms with Crippen molar-refractivity contribution < 1.29 is 9.18 Å². The summed E-state index contributed by atoms with van der Waals surface area (Å²) in [6.45, 7) is 1.47. The first-order valence-electron chi connectivity index (χ1n) is 5.90. The standard InChI is InChI=1S/C10H17FN8O/c1-6(12)14-5-7(11)3-2-4-8(13)9(20)15-10-16-18-19-17-10/h3,8H,2,4-5,13H2,1H3,(H2,12,14)(H2,15,16,17,18,19,20). The largest absolute Gasteiger partial charge is 0.388 e.